The maximum atomic E-state index is 12.4. The molecule has 0 bridgehead atoms. The number of rotatable bonds is 3. The maximum Gasteiger partial charge on any atom is 0.251 e. The van der Waals surface area contributed by atoms with Gasteiger partial charge in [-0.15, -0.1) is 0 Å². The van der Waals surface area contributed by atoms with Gasteiger partial charge in [-0.05, 0) is 54.3 Å². The van der Waals surface area contributed by atoms with Crippen LogP contribution in [-0.2, 0) is 0 Å². The third kappa shape index (κ3) is 2.63. The lowest BCUT2D eigenvalue weighted by molar-refractivity contribution is 0.0856. The molecular formula is C16H15Br2NO. The summed E-state index contributed by atoms with van der Waals surface area (Å²) in [5.74, 6) is 0.0222. The van der Waals surface area contributed by atoms with E-state index in [1.165, 1.54) is 6.42 Å². The van der Waals surface area contributed by atoms with Crippen molar-refractivity contribution in [3.8, 4) is 0 Å². The second-order valence-electron chi connectivity index (χ2n) is 5.43. The van der Waals surface area contributed by atoms with E-state index >= 15 is 0 Å². The smallest absolute Gasteiger partial charge is 0.251 e. The van der Waals surface area contributed by atoms with Crippen LogP contribution in [0.3, 0.4) is 0 Å². The van der Waals surface area contributed by atoms with Crippen molar-refractivity contribution in [3.05, 3.63) is 46.4 Å². The van der Waals surface area contributed by atoms with Crippen LogP contribution in [0, 0.1) is 0 Å². The summed E-state index contributed by atoms with van der Waals surface area (Å²) in [5.41, 5.74) is 0.693. The van der Waals surface area contributed by atoms with Crippen LogP contribution in [0.5, 0.6) is 0 Å². The lowest BCUT2D eigenvalue weighted by Gasteiger charge is -2.41. The largest absolute Gasteiger partial charge is 0.346 e. The second-order valence-corrected chi connectivity index (χ2v) is 6.90. The standard InChI is InChI=1S/C16H15Br2NO/c17-10-16(6-1-7-16)19-15(20)13-3-2-12-9-14(18)5-4-11(12)8-13/h2-5,8-9H,1,6-7,10H2,(H,19,20). The monoisotopic (exact) mass is 395 g/mol. The van der Waals surface area contributed by atoms with Gasteiger partial charge < -0.3 is 5.32 Å². The van der Waals surface area contributed by atoms with Crippen molar-refractivity contribution in [2.24, 2.45) is 0 Å². The molecule has 0 unspecified atom stereocenters. The van der Waals surface area contributed by atoms with E-state index in [1.54, 1.807) is 0 Å². The number of carbonyl (C=O) groups excluding carboxylic acids is 1. The Kier molecular flexibility index (Phi) is 3.87. The van der Waals surface area contributed by atoms with Crippen LogP contribution in [0.2, 0.25) is 0 Å². The van der Waals surface area contributed by atoms with Gasteiger partial charge in [-0.1, -0.05) is 44.0 Å². The fourth-order valence-electron chi connectivity index (χ4n) is 2.57. The zero-order chi connectivity index (χ0) is 14.2. The van der Waals surface area contributed by atoms with E-state index < -0.39 is 0 Å². The Labute approximate surface area is 135 Å². The molecule has 0 saturated heterocycles. The number of carbonyl (C=O) groups is 1. The number of alkyl halides is 1. The predicted octanol–water partition coefficient (Wildman–Crippen LogP) is 4.65. The lowest BCUT2D eigenvalue weighted by Crippen LogP contribution is -2.54. The van der Waals surface area contributed by atoms with Gasteiger partial charge in [-0.25, -0.2) is 0 Å². The van der Waals surface area contributed by atoms with Crippen LogP contribution in [0.1, 0.15) is 29.6 Å². The van der Waals surface area contributed by atoms with E-state index in [9.17, 15) is 4.79 Å². The number of fused-ring (bicyclic) bond motifs is 1. The molecule has 0 aromatic heterocycles. The maximum absolute atomic E-state index is 12.4. The molecule has 1 saturated carbocycles. The second kappa shape index (κ2) is 5.49. The Morgan fingerprint density at radius 2 is 1.85 bits per heavy atom. The van der Waals surface area contributed by atoms with Gasteiger partial charge in [0.25, 0.3) is 5.91 Å². The van der Waals surface area contributed by atoms with Crippen molar-refractivity contribution >= 4 is 48.5 Å². The molecule has 2 nitrogen and oxygen atoms in total. The molecule has 0 aliphatic heterocycles. The van der Waals surface area contributed by atoms with Gasteiger partial charge in [0.2, 0.25) is 0 Å². The van der Waals surface area contributed by atoms with Crippen LogP contribution in [0.15, 0.2) is 40.9 Å². The summed E-state index contributed by atoms with van der Waals surface area (Å²) in [6, 6.07) is 11.9. The van der Waals surface area contributed by atoms with Crippen molar-refractivity contribution in [3.63, 3.8) is 0 Å². The van der Waals surface area contributed by atoms with Crippen molar-refractivity contribution in [1.29, 1.82) is 0 Å². The first-order valence-corrected chi connectivity index (χ1v) is 8.61. The highest BCUT2D eigenvalue weighted by molar-refractivity contribution is 9.10. The van der Waals surface area contributed by atoms with Crippen molar-refractivity contribution in [2.45, 2.75) is 24.8 Å². The van der Waals surface area contributed by atoms with E-state index in [-0.39, 0.29) is 11.4 Å². The molecule has 0 spiro atoms. The van der Waals surface area contributed by atoms with Gasteiger partial charge in [0.15, 0.2) is 0 Å². The summed E-state index contributed by atoms with van der Waals surface area (Å²) in [6.45, 7) is 0. The summed E-state index contributed by atoms with van der Waals surface area (Å²) in [4.78, 5) is 12.4. The molecule has 0 radical (unpaired) electrons. The Morgan fingerprint density at radius 3 is 2.50 bits per heavy atom. The molecule has 1 N–H and O–H groups in total. The average molecular weight is 397 g/mol. The first kappa shape index (κ1) is 14.1. The average Bonchev–Trinajstić information content (AvgIpc) is 2.42. The topological polar surface area (TPSA) is 29.1 Å². The number of hydrogen-bond acceptors (Lipinski definition) is 1. The van der Waals surface area contributed by atoms with E-state index in [0.717, 1.165) is 39.0 Å². The number of halogens is 2. The number of hydrogen-bond donors (Lipinski definition) is 1. The molecule has 2 aromatic carbocycles. The van der Waals surface area contributed by atoms with Crippen LogP contribution in [0.25, 0.3) is 10.8 Å². The number of benzene rings is 2. The van der Waals surface area contributed by atoms with Gasteiger partial charge in [-0.3, -0.25) is 4.79 Å². The predicted molar refractivity (Wildman–Crippen MR) is 89.5 cm³/mol. The van der Waals surface area contributed by atoms with E-state index in [0.29, 0.717) is 0 Å². The van der Waals surface area contributed by atoms with Crippen molar-refractivity contribution in [2.75, 3.05) is 5.33 Å². The fraction of sp³-hybridized carbons (Fsp3) is 0.312. The van der Waals surface area contributed by atoms with Crippen molar-refractivity contribution < 1.29 is 4.79 Å². The van der Waals surface area contributed by atoms with Crippen LogP contribution in [0.4, 0.5) is 0 Å². The van der Waals surface area contributed by atoms with E-state index in [4.69, 9.17) is 0 Å². The molecule has 0 heterocycles. The number of nitrogens with one attached hydrogen (secondary N) is 1. The van der Waals surface area contributed by atoms with Crippen molar-refractivity contribution in [1.82, 2.24) is 5.32 Å². The Bertz CT molecular complexity index is 659. The minimum Gasteiger partial charge on any atom is -0.346 e. The molecule has 1 aliphatic carbocycles. The molecule has 2 aromatic rings. The molecule has 1 fully saturated rings. The minimum absolute atomic E-state index is 0.0222. The first-order chi connectivity index (χ1) is 9.62. The molecule has 3 rings (SSSR count). The Balaban J connectivity index is 1.86. The quantitative estimate of drug-likeness (QED) is 0.751. The van der Waals surface area contributed by atoms with Gasteiger partial charge in [-0.2, -0.15) is 0 Å². The van der Waals surface area contributed by atoms with Gasteiger partial charge in [0.1, 0.15) is 0 Å². The SMILES string of the molecule is O=C(NC1(CBr)CCC1)c1ccc2cc(Br)ccc2c1. The molecular weight excluding hydrogens is 382 g/mol. The van der Waals surface area contributed by atoms with Crippen LogP contribution >= 0.6 is 31.9 Å². The highest BCUT2D eigenvalue weighted by Gasteiger charge is 2.37. The molecule has 1 aliphatic rings. The summed E-state index contributed by atoms with van der Waals surface area (Å²) in [5, 5.41) is 6.22. The first-order valence-electron chi connectivity index (χ1n) is 6.70. The zero-order valence-corrected chi connectivity index (χ0v) is 14.1. The lowest BCUT2D eigenvalue weighted by atomic mass is 9.78. The highest BCUT2D eigenvalue weighted by atomic mass is 79.9. The summed E-state index contributed by atoms with van der Waals surface area (Å²) in [6.07, 6.45) is 3.31. The Morgan fingerprint density at radius 1 is 1.15 bits per heavy atom. The van der Waals surface area contributed by atoms with Crippen LogP contribution in [-0.4, -0.2) is 16.8 Å². The molecule has 1 amide bonds. The number of amides is 1. The summed E-state index contributed by atoms with van der Waals surface area (Å²) < 4.78 is 1.05. The zero-order valence-electron chi connectivity index (χ0n) is 11.0. The van der Waals surface area contributed by atoms with Gasteiger partial charge in [0.05, 0.1) is 5.54 Å². The normalized spacial score (nSPS) is 16.7. The molecule has 20 heavy (non-hydrogen) atoms. The van der Waals surface area contributed by atoms with Gasteiger partial charge >= 0.3 is 0 Å². The minimum atomic E-state index is -0.0360. The Hall–Kier alpha value is -0.870. The van der Waals surface area contributed by atoms with E-state index in [1.807, 2.05) is 30.3 Å². The third-order valence-corrected chi connectivity index (χ3v) is 5.58. The van der Waals surface area contributed by atoms with Gasteiger partial charge in [0, 0.05) is 15.4 Å². The highest BCUT2D eigenvalue weighted by Crippen LogP contribution is 2.33. The summed E-state index contributed by atoms with van der Waals surface area (Å²) >= 11 is 6.97. The third-order valence-electron chi connectivity index (χ3n) is 4.01. The van der Waals surface area contributed by atoms with E-state index in [2.05, 4.69) is 43.2 Å². The summed E-state index contributed by atoms with van der Waals surface area (Å²) in [7, 11) is 0. The molecule has 104 valence electrons. The molecule has 0 atom stereocenters. The fourth-order valence-corrected chi connectivity index (χ4v) is 3.65. The molecule has 4 heteroatoms. The van der Waals surface area contributed by atoms with Crippen LogP contribution < -0.4 is 5.32 Å².